The number of hydrogen-bond acceptors (Lipinski definition) is 2. The van der Waals surface area contributed by atoms with E-state index in [9.17, 15) is 5.11 Å². The highest BCUT2D eigenvalue weighted by Crippen LogP contribution is 2.47. The Bertz CT molecular complexity index is 351. The average molecular weight is 203 g/mol. The second-order valence-electron chi connectivity index (χ2n) is 4.94. The zero-order chi connectivity index (χ0) is 10.3. The van der Waals surface area contributed by atoms with Crippen LogP contribution in [0.25, 0.3) is 0 Å². The summed E-state index contributed by atoms with van der Waals surface area (Å²) in [5.41, 5.74) is 1.61. The number of aliphatic hydroxyl groups excluding tert-OH is 1. The number of aliphatic hydroxyl groups is 1. The van der Waals surface area contributed by atoms with E-state index in [0.29, 0.717) is 5.92 Å². The molecule has 1 heterocycles. The van der Waals surface area contributed by atoms with Crippen molar-refractivity contribution in [2.45, 2.75) is 24.4 Å². The Morgan fingerprint density at radius 3 is 2.87 bits per heavy atom. The Balaban J connectivity index is 2.02. The molecule has 1 aliphatic heterocycles. The van der Waals surface area contributed by atoms with Gasteiger partial charge in [-0.25, -0.2) is 0 Å². The first-order valence-electron chi connectivity index (χ1n) is 5.75. The van der Waals surface area contributed by atoms with Gasteiger partial charge in [0.2, 0.25) is 0 Å². The van der Waals surface area contributed by atoms with E-state index < -0.39 is 0 Å². The Morgan fingerprint density at radius 1 is 1.27 bits per heavy atom. The zero-order valence-corrected chi connectivity index (χ0v) is 8.82. The molecule has 0 radical (unpaired) electrons. The molecule has 3 atom stereocenters. The van der Waals surface area contributed by atoms with Crippen molar-refractivity contribution in [1.82, 2.24) is 5.32 Å². The van der Waals surface area contributed by atoms with Crippen LogP contribution < -0.4 is 5.32 Å². The van der Waals surface area contributed by atoms with Crippen molar-refractivity contribution in [2.75, 3.05) is 13.1 Å². The molecule has 0 aromatic heterocycles. The number of rotatable bonds is 1. The molecule has 1 aromatic carbocycles. The molecule has 2 heteroatoms. The van der Waals surface area contributed by atoms with Crippen LogP contribution in [0.2, 0.25) is 0 Å². The topological polar surface area (TPSA) is 32.3 Å². The fourth-order valence-electron chi connectivity index (χ4n) is 3.41. The number of nitrogens with one attached hydrogen (secondary N) is 1. The van der Waals surface area contributed by atoms with Crippen molar-refractivity contribution < 1.29 is 5.11 Å². The molecule has 15 heavy (non-hydrogen) atoms. The third-order valence-electron chi connectivity index (χ3n) is 4.12. The lowest BCUT2D eigenvalue weighted by atomic mass is 9.75. The summed E-state index contributed by atoms with van der Waals surface area (Å²) in [4.78, 5) is 0. The van der Waals surface area contributed by atoms with Gasteiger partial charge in [-0.1, -0.05) is 30.3 Å². The molecular formula is C13H17NO. The second-order valence-corrected chi connectivity index (χ2v) is 4.94. The fourth-order valence-corrected chi connectivity index (χ4v) is 3.41. The monoisotopic (exact) mass is 203 g/mol. The first kappa shape index (κ1) is 9.37. The molecule has 2 N–H and O–H groups in total. The maximum atomic E-state index is 9.83. The highest BCUT2D eigenvalue weighted by Gasteiger charge is 2.50. The standard InChI is InChI=1S/C13H17NO/c15-12-6-11-8-14-9-13(11,7-12)10-4-2-1-3-5-10/h1-5,11-12,14-15H,6-9H2. The number of benzene rings is 1. The highest BCUT2D eigenvalue weighted by molar-refractivity contribution is 5.31. The Hall–Kier alpha value is -0.860. The summed E-state index contributed by atoms with van der Waals surface area (Å²) in [5, 5.41) is 13.3. The van der Waals surface area contributed by atoms with Gasteiger partial charge in [-0.15, -0.1) is 0 Å². The van der Waals surface area contributed by atoms with Gasteiger partial charge in [0.1, 0.15) is 0 Å². The van der Waals surface area contributed by atoms with Gasteiger partial charge in [0, 0.05) is 12.0 Å². The lowest BCUT2D eigenvalue weighted by molar-refractivity contribution is 0.170. The molecular weight excluding hydrogens is 186 g/mol. The molecule has 1 saturated carbocycles. The summed E-state index contributed by atoms with van der Waals surface area (Å²) in [6, 6.07) is 10.7. The molecule has 3 unspecified atom stereocenters. The van der Waals surface area contributed by atoms with Crippen molar-refractivity contribution >= 4 is 0 Å². The van der Waals surface area contributed by atoms with E-state index in [0.717, 1.165) is 25.9 Å². The molecule has 0 bridgehead atoms. The van der Waals surface area contributed by atoms with Gasteiger partial charge in [-0.3, -0.25) is 0 Å². The summed E-state index contributed by atoms with van der Waals surface area (Å²) in [5.74, 6) is 0.620. The minimum absolute atomic E-state index is 0.0997. The third kappa shape index (κ3) is 1.32. The van der Waals surface area contributed by atoms with Crippen LogP contribution in [0.1, 0.15) is 18.4 Å². The molecule has 1 saturated heterocycles. The number of hydrogen-bond donors (Lipinski definition) is 2. The molecule has 1 aliphatic carbocycles. The number of fused-ring (bicyclic) bond motifs is 1. The molecule has 80 valence electrons. The second kappa shape index (κ2) is 3.32. The van der Waals surface area contributed by atoms with Crippen molar-refractivity contribution in [3.8, 4) is 0 Å². The summed E-state index contributed by atoms with van der Waals surface area (Å²) < 4.78 is 0. The Labute approximate surface area is 90.3 Å². The van der Waals surface area contributed by atoms with E-state index >= 15 is 0 Å². The van der Waals surface area contributed by atoms with Gasteiger partial charge in [-0.05, 0) is 30.9 Å². The first-order valence-corrected chi connectivity index (χ1v) is 5.75. The minimum atomic E-state index is -0.0997. The van der Waals surface area contributed by atoms with Gasteiger partial charge in [0.15, 0.2) is 0 Å². The van der Waals surface area contributed by atoms with E-state index in [2.05, 4.69) is 35.6 Å². The van der Waals surface area contributed by atoms with Crippen LogP contribution in [-0.2, 0) is 5.41 Å². The molecule has 1 aromatic rings. The van der Waals surface area contributed by atoms with Crippen LogP contribution in [0.4, 0.5) is 0 Å². The van der Waals surface area contributed by atoms with E-state index in [1.54, 1.807) is 0 Å². The van der Waals surface area contributed by atoms with Gasteiger partial charge in [0.25, 0.3) is 0 Å². The average Bonchev–Trinajstić information content (AvgIpc) is 2.75. The van der Waals surface area contributed by atoms with Crippen LogP contribution in [0, 0.1) is 5.92 Å². The lowest BCUT2D eigenvalue weighted by Crippen LogP contribution is -2.31. The van der Waals surface area contributed by atoms with E-state index in [4.69, 9.17) is 0 Å². The molecule has 0 amide bonds. The first-order chi connectivity index (χ1) is 7.31. The van der Waals surface area contributed by atoms with Crippen LogP contribution in [0.15, 0.2) is 30.3 Å². The predicted octanol–water partition coefficient (Wildman–Crippen LogP) is 1.30. The van der Waals surface area contributed by atoms with E-state index in [1.165, 1.54) is 5.56 Å². The van der Waals surface area contributed by atoms with E-state index in [1.807, 2.05) is 0 Å². The molecule has 2 aliphatic rings. The van der Waals surface area contributed by atoms with Crippen molar-refractivity contribution in [2.24, 2.45) is 5.92 Å². The quantitative estimate of drug-likeness (QED) is 0.721. The van der Waals surface area contributed by atoms with Crippen molar-refractivity contribution in [3.63, 3.8) is 0 Å². The van der Waals surface area contributed by atoms with Crippen molar-refractivity contribution in [3.05, 3.63) is 35.9 Å². The van der Waals surface area contributed by atoms with Gasteiger partial charge in [0.05, 0.1) is 6.10 Å². The maximum Gasteiger partial charge on any atom is 0.0552 e. The highest BCUT2D eigenvalue weighted by atomic mass is 16.3. The summed E-state index contributed by atoms with van der Waals surface area (Å²) in [6.07, 6.45) is 1.79. The van der Waals surface area contributed by atoms with Crippen molar-refractivity contribution in [1.29, 1.82) is 0 Å². The van der Waals surface area contributed by atoms with Crippen LogP contribution in [-0.4, -0.2) is 24.3 Å². The Kier molecular flexibility index (Phi) is 2.08. The van der Waals surface area contributed by atoms with Crippen LogP contribution >= 0.6 is 0 Å². The summed E-state index contributed by atoms with van der Waals surface area (Å²) >= 11 is 0. The minimum Gasteiger partial charge on any atom is -0.393 e. The molecule has 0 spiro atoms. The summed E-state index contributed by atoms with van der Waals surface area (Å²) in [6.45, 7) is 2.09. The fraction of sp³-hybridized carbons (Fsp3) is 0.538. The van der Waals surface area contributed by atoms with Crippen LogP contribution in [0.5, 0.6) is 0 Å². The van der Waals surface area contributed by atoms with Gasteiger partial charge < -0.3 is 10.4 Å². The molecule has 3 rings (SSSR count). The lowest BCUT2D eigenvalue weighted by Gasteiger charge is -2.28. The normalized spacial score (nSPS) is 39.3. The maximum absolute atomic E-state index is 9.83. The zero-order valence-electron chi connectivity index (χ0n) is 8.82. The smallest absolute Gasteiger partial charge is 0.0552 e. The predicted molar refractivity (Wildman–Crippen MR) is 59.7 cm³/mol. The largest absolute Gasteiger partial charge is 0.393 e. The SMILES string of the molecule is OC1CC2CNCC2(c2ccccc2)C1. The molecule has 2 nitrogen and oxygen atoms in total. The Morgan fingerprint density at radius 2 is 2.07 bits per heavy atom. The third-order valence-corrected chi connectivity index (χ3v) is 4.12. The van der Waals surface area contributed by atoms with Crippen LogP contribution in [0.3, 0.4) is 0 Å². The van der Waals surface area contributed by atoms with Gasteiger partial charge in [-0.2, -0.15) is 0 Å². The van der Waals surface area contributed by atoms with E-state index in [-0.39, 0.29) is 11.5 Å². The van der Waals surface area contributed by atoms with Gasteiger partial charge >= 0.3 is 0 Å². The molecule has 2 fully saturated rings. The summed E-state index contributed by atoms with van der Waals surface area (Å²) in [7, 11) is 0.